The van der Waals surface area contributed by atoms with Crippen LogP contribution in [-0.4, -0.2) is 37.3 Å². The van der Waals surface area contributed by atoms with E-state index in [1.165, 1.54) is 7.11 Å². The van der Waals surface area contributed by atoms with E-state index >= 15 is 0 Å². The number of thioether (sulfide) groups is 1. The summed E-state index contributed by atoms with van der Waals surface area (Å²) in [6.07, 6.45) is 0. The van der Waals surface area contributed by atoms with Crippen molar-refractivity contribution in [1.29, 1.82) is 5.26 Å². The molecule has 1 heterocycles. The number of hydrogen-bond acceptors (Lipinski definition) is 7. The standard InChI is InChI=1S/C26H25BrClN3O5S/c1-5-36-19-7-6-15(10-18(19)28)21-17(11-29)25(31-24(33)22(21)26(34)35-4)37-12-20(32)30-23-13(2)8-16(27)9-14(23)3/h6-10,21-22H,5,12H2,1-4H3,(H,30,32)(H,31,33)/t21-,22+/m0/s1. The maximum absolute atomic E-state index is 13.0. The molecule has 11 heteroatoms. The number of benzene rings is 2. The molecule has 2 amide bonds. The van der Waals surface area contributed by atoms with Crippen molar-refractivity contribution in [2.45, 2.75) is 26.7 Å². The minimum absolute atomic E-state index is 0.0740. The van der Waals surface area contributed by atoms with Crippen LogP contribution in [-0.2, 0) is 19.1 Å². The Bertz CT molecular complexity index is 1300. The summed E-state index contributed by atoms with van der Waals surface area (Å²) in [4.78, 5) is 38.4. The summed E-state index contributed by atoms with van der Waals surface area (Å²) >= 11 is 10.8. The van der Waals surface area contributed by atoms with Gasteiger partial charge in [0.15, 0.2) is 0 Å². The second-order valence-corrected chi connectivity index (χ2v) is 10.5. The topological polar surface area (TPSA) is 118 Å². The van der Waals surface area contributed by atoms with Crippen molar-refractivity contribution in [3.63, 3.8) is 0 Å². The number of allylic oxidation sites excluding steroid dienone is 1. The quantitative estimate of drug-likeness (QED) is 0.312. The molecule has 2 aromatic rings. The Labute approximate surface area is 232 Å². The van der Waals surface area contributed by atoms with E-state index < -0.39 is 23.7 Å². The van der Waals surface area contributed by atoms with Crippen molar-refractivity contribution in [1.82, 2.24) is 5.32 Å². The Morgan fingerprint density at radius 3 is 2.49 bits per heavy atom. The van der Waals surface area contributed by atoms with E-state index in [9.17, 15) is 19.6 Å². The minimum atomic E-state index is -1.31. The molecule has 0 aliphatic carbocycles. The zero-order valence-electron chi connectivity index (χ0n) is 20.6. The lowest BCUT2D eigenvalue weighted by Crippen LogP contribution is -2.44. The lowest BCUT2D eigenvalue weighted by Gasteiger charge is -2.31. The van der Waals surface area contributed by atoms with Gasteiger partial charge in [-0.2, -0.15) is 5.26 Å². The molecule has 0 unspecified atom stereocenters. The van der Waals surface area contributed by atoms with E-state index in [1.54, 1.807) is 18.2 Å². The van der Waals surface area contributed by atoms with E-state index in [2.05, 4.69) is 32.6 Å². The molecule has 3 rings (SSSR count). The van der Waals surface area contributed by atoms with Crippen LogP contribution in [0.4, 0.5) is 5.69 Å². The number of carbonyl (C=O) groups excluding carboxylic acids is 3. The lowest BCUT2D eigenvalue weighted by atomic mass is 9.78. The SMILES string of the molecule is CCOc1ccc([C@H]2C(C#N)=C(SCC(=O)Nc3c(C)cc(Br)cc3C)NC(=O)[C@@H]2C(=O)OC)cc1Cl. The number of esters is 1. The molecular formula is C26H25BrClN3O5S. The van der Waals surface area contributed by atoms with Crippen molar-refractivity contribution in [2.24, 2.45) is 5.92 Å². The number of halogens is 2. The average Bonchev–Trinajstić information content (AvgIpc) is 2.85. The van der Waals surface area contributed by atoms with Crippen molar-refractivity contribution in [3.05, 3.63) is 67.1 Å². The van der Waals surface area contributed by atoms with E-state index in [4.69, 9.17) is 21.1 Å². The summed E-state index contributed by atoms with van der Waals surface area (Å²) in [7, 11) is 1.17. The molecule has 37 heavy (non-hydrogen) atoms. The molecule has 2 atom stereocenters. The Morgan fingerprint density at radius 1 is 1.24 bits per heavy atom. The summed E-state index contributed by atoms with van der Waals surface area (Å²) < 4.78 is 11.2. The van der Waals surface area contributed by atoms with Gasteiger partial charge in [-0.3, -0.25) is 14.4 Å². The molecule has 0 saturated heterocycles. The van der Waals surface area contributed by atoms with Crippen LogP contribution in [0.5, 0.6) is 5.75 Å². The van der Waals surface area contributed by atoms with Gasteiger partial charge in [0, 0.05) is 16.1 Å². The zero-order chi connectivity index (χ0) is 27.3. The van der Waals surface area contributed by atoms with Gasteiger partial charge in [-0.25, -0.2) is 0 Å². The van der Waals surface area contributed by atoms with Crippen molar-refractivity contribution >= 4 is 62.8 Å². The normalized spacial score (nSPS) is 17.1. The average molecular weight is 607 g/mol. The number of hydrogen-bond donors (Lipinski definition) is 2. The number of carbonyl (C=O) groups is 3. The van der Waals surface area contributed by atoms with Crippen LogP contribution in [0.3, 0.4) is 0 Å². The molecule has 2 N–H and O–H groups in total. The Balaban J connectivity index is 1.93. The molecule has 0 spiro atoms. The van der Waals surface area contributed by atoms with Gasteiger partial charge in [0.05, 0.1) is 41.2 Å². The second-order valence-electron chi connectivity index (χ2n) is 8.20. The van der Waals surface area contributed by atoms with E-state index in [0.29, 0.717) is 23.6 Å². The van der Waals surface area contributed by atoms with Crippen LogP contribution in [0.25, 0.3) is 0 Å². The highest BCUT2D eigenvalue weighted by atomic mass is 79.9. The molecule has 0 aromatic heterocycles. The Hall–Kier alpha value is -3.00. The molecule has 2 aromatic carbocycles. The second kappa shape index (κ2) is 12.5. The minimum Gasteiger partial charge on any atom is -0.492 e. The van der Waals surface area contributed by atoms with Crippen LogP contribution < -0.4 is 15.4 Å². The fourth-order valence-electron chi connectivity index (χ4n) is 4.08. The maximum Gasteiger partial charge on any atom is 0.319 e. The van der Waals surface area contributed by atoms with Gasteiger partial charge in [0.25, 0.3) is 0 Å². The fraction of sp³-hybridized carbons (Fsp3) is 0.308. The van der Waals surface area contributed by atoms with Gasteiger partial charge in [-0.1, -0.05) is 45.4 Å². The van der Waals surface area contributed by atoms with Crippen molar-refractivity contribution < 1.29 is 23.9 Å². The summed E-state index contributed by atoms with van der Waals surface area (Å²) in [6, 6.07) is 10.8. The summed E-state index contributed by atoms with van der Waals surface area (Å²) in [5, 5.41) is 16.1. The lowest BCUT2D eigenvalue weighted by molar-refractivity contribution is -0.150. The predicted octanol–water partition coefficient (Wildman–Crippen LogP) is 5.23. The smallest absolute Gasteiger partial charge is 0.319 e. The van der Waals surface area contributed by atoms with E-state index in [-0.39, 0.29) is 27.3 Å². The molecule has 0 bridgehead atoms. The number of amides is 2. The molecule has 194 valence electrons. The Kier molecular flexibility index (Phi) is 9.65. The number of rotatable bonds is 8. The zero-order valence-corrected chi connectivity index (χ0v) is 23.8. The number of aryl methyl sites for hydroxylation is 2. The first-order valence-electron chi connectivity index (χ1n) is 11.3. The number of anilines is 1. The molecule has 0 fully saturated rings. The highest BCUT2D eigenvalue weighted by molar-refractivity contribution is 9.10. The van der Waals surface area contributed by atoms with Crippen LogP contribution in [0, 0.1) is 31.1 Å². The van der Waals surface area contributed by atoms with Crippen LogP contribution in [0.15, 0.2) is 45.4 Å². The monoisotopic (exact) mass is 605 g/mol. The summed E-state index contributed by atoms with van der Waals surface area (Å²) in [6.45, 7) is 6.00. The van der Waals surface area contributed by atoms with E-state index in [0.717, 1.165) is 27.4 Å². The number of ether oxygens (including phenoxy) is 2. The number of nitriles is 1. The number of nitrogens with one attached hydrogen (secondary N) is 2. The van der Waals surface area contributed by atoms with Gasteiger partial charge in [0.2, 0.25) is 11.8 Å². The van der Waals surface area contributed by atoms with Gasteiger partial charge < -0.3 is 20.1 Å². The maximum atomic E-state index is 13.0. The third-order valence-electron chi connectivity index (χ3n) is 5.71. The van der Waals surface area contributed by atoms with Crippen LogP contribution in [0.1, 0.15) is 29.5 Å². The van der Waals surface area contributed by atoms with Crippen molar-refractivity contribution in [3.8, 4) is 11.8 Å². The number of methoxy groups -OCH3 is 1. The molecule has 0 radical (unpaired) electrons. The Morgan fingerprint density at radius 2 is 1.92 bits per heavy atom. The molecular weight excluding hydrogens is 582 g/mol. The first-order valence-corrected chi connectivity index (χ1v) is 13.4. The van der Waals surface area contributed by atoms with Crippen LogP contribution in [0.2, 0.25) is 5.02 Å². The van der Waals surface area contributed by atoms with E-state index in [1.807, 2.05) is 32.9 Å². The molecule has 1 aliphatic heterocycles. The third kappa shape index (κ3) is 6.47. The highest BCUT2D eigenvalue weighted by Crippen LogP contribution is 2.42. The highest BCUT2D eigenvalue weighted by Gasteiger charge is 2.44. The van der Waals surface area contributed by atoms with Gasteiger partial charge >= 0.3 is 5.97 Å². The summed E-state index contributed by atoms with van der Waals surface area (Å²) in [5.41, 5.74) is 3.08. The van der Waals surface area contributed by atoms with Crippen molar-refractivity contribution in [2.75, 3.05) is 24.8 Å². The van der Waals surface area contributed by atoms with Gasteiger partial charge in [-0.15, -0.1) is 0 Å². The third-order valence-corrected chi connectivity index (χ3v) is 7.48. The first-order chi connectivity index (χ1) is 17.6. The first kappa shape index (κ1) is 28.6. The molecule has 0 saturated carbocycles. The summed E-state index contributed by atoms with van der Waals surface area (Å²) in [5.74, 6) is -3.63. The van der Waals surface area contributed by atoms with Crippen LogP contribution >= 0.6 is 39.3 Å². The predicted molar refractivity (Wildman–Crippen MR) is 146 cm³/mol. The molecule has 8 nitrogen and oxygen atoms in total. The largest absolute Gasteiger partial charge is 0.492 e. The van der Waals surface area contributed by atoms with Gasteiger partial charge in [-0.05, 0) is 61.7 Å². The number of nitrogens with zero attached hydrogens (tertiary/aromatic N) is 1. The molecule has 1 aliphatic rings. The fourth-order valence-corrected chi connectivity index (χ4v) is 5.86. The van der Waals surface area contributed by atoms with Gasteiger partial charge in [0.1, 0.15) is 11.7 Å².